The first-order chi connectivity index (χ1) is 8.56. The van der Waals surface area contributed by atoms with Gasteiger partial charge in [-0.25, -0.2) is 0 Å². The van der Waals surface area contributed by atoms with Crippen LogP contribution in [0.25, 0.3) is 0 Å². The van der Waals surface area contributed by atoms with E-state index in [0.717, 1.165) is 17.3 Å². The van der Waals surface area contributed by atoms with Crippen molar-refractivity contribution in [3.63, 3.8) is 0 Å². The Hall–Kier alpha value is -0.390. The minimum absolute atomic E-state index is 0.102. The van der Waals surface area contributed by atoms with Crippen LogP contribution in [-0.2, 0) is 10.8 Å². The molecule has 3 nitrogen and oxygen atoms in total. The minimum atomic E-state index is -0.713. The van der Waals surface area contributed by atoms with Crippen molar-refractivity contribution in [1.29, 1.82) is 0 Å². The van der Waals surface area contributed by atoms with E-state index in [9.17, 15) is 9.00 Å². The summed E-state index contributed by atoms with van der Waals surface area (Å²) < 4.78 is 12.1. The predicted octanol–water partition coefficient (Wildman–Crippen LogP) is 2.74. The van der Waals surface area contributed by atoms with Crippen LogP contribution in [0.15, 0.2) is 22.7 Å². The number of carbonyl (C=O) groups is 1. The molecule has 0 unspecified atom stereocenters. The molecular weight excluding hydrogens is 338 g/mol. The molecule has 1 N–H and O–H groups in total. The molecule has 0 atom stereocenters. The largest absolute Gasteiger partial charge is 0.349 e. The third-order valence-electron chi connectivity index (χ3n) is 2.90. The molecule has 6 heteroatoms. The smallest absolute Gasteiger partial charge is 0.253 e. The SMILES string of the molecule is O=C(NC1CCS(=O)CC1)c1cc(Br)ccc1Cl. The second-order valence-electron chi connectivity index (χ2n) is 4.22. The van der Waals surface area contributed by atoms with Gasteiger partial charge in [-0.05, 0) is 31.0 Å². The van der Waals surface area contributed by atoms with Crippen LogP contribution in [0.2, 0.25) is 5.02 Å². The van der Waals surface area contributed by atoms with Crippen LogP contribution in [0.4, 0.5) is 0 Å². The molecule has 18 heavy (non-hydrogen) atoms. The maximum Gasteiger partial charge on any atom is 0.253 e. The normalized spacial score (nSPS) is 23.7. The van der Waals surface area contributed by atoms with Gasteiger partial charge in [-0.2, -0.15) is 0 Å². The monoisotopic (exact) mass is 349 g/mol. The fraction of sp³-hybridized carbons (Fsp3) is 0.417. The Bertz CT molecular complexity index is 485. The zero-order valence-electron chi connectivity index (χ0n) is 9.62. The minimum Gasteiger partial charge on any atom is -0.349 e. The molecule has 1 aromatic rings. The molecule has 0 aromatic heterocycles. The lowest BCUT2D eigenvalue weighted by atomic mass is 10.1. The summed E-state index contributed by atoms with van der Waals surface area (Å²) in [6.07, 6.45) is 1.54. The molecule has 0 spiro atoms. The van der Waals surface area contributed by atoms with Gasteiger partial charge in [0.05, 0.1) is 10.6 Å². The highest BCUT2D eigenvalue weighted by atomic mass is 79.9. The van der Waals surface area contributed by atoms with E-state index in [1.807, 2.05) is 0 Å². The van der Waals surface area contributed by atoms with E-state index in [2.05, 4.69) is 21.2 Å². The Morgan fingerprint density at radius 1 is 1.39 bits per heavy atom. The Morgan fingerprint density at radius 3 is 2.72 bits per heavy atom. The van der Waals surface area contributed by atoms with Crippen LogP contribution in [0.5, 0.6) is 0 Å². The molecule has 0 bridgehead atoms. The van der Waals surface area contributed by atoms with Gasteiger partial charge in [0.15, 0.2) is 0 Å². The highest BCUT2D eigenvalue weighted by molar-refractivity contribution is 9.10. The van der Waals surface area contributed by atoms with E-state index in [4.69, 9.17) is 11.6 Å². The fourth-order valence-electron chi connectivity index (χ4n) is 1.87. The van der Waals surface area contributed by atoms with Crippen LogP contribution in [-0.4, -0.2) is 27.7 Å². The summed E-state index contributed by atoms with van der Waals surface area (Å²) in [6.45, 7) is 0. The fourth-order valence-corrected chi connectivity index (χ4v) is 3.74. The lowest BCUT2D eigenvalue weighted by Crippen LogP contribution is -2.39. The van der Waals surface area contributed by atoms with Crippen LogP contribution < -0.4 is 5.32 Å². The Labute approximate surface area is 122 Å². The third-order valence-corrected chi connectivity index (χ3v) is 5.10. The number of benzene rings is 1. The van der Waals surface area contributed by atoms with E-state index < -0.39 is 10.8 Å². The van der Waals surface area contributed by atoms with E-state index in [0.29, 0.717) is 22.1 Å². The van der Waals surface area contributed by atoms with Crippen molar-refractivity contribution < 1.29 is 9.00 Å². The van der Waals surface area contributed by atoms with Crippen molar-refractivity contribution in [2.75, 3.05) is 11.5 Å². The Morgan fingerprint density at radius 2 is 2.06 bits per heavy atom. The zero-order valence-corrected chi connectivity index (χ0v) is 12.8. The first kappa shape index (κ1) is 14.0. The van der Waals surface area contributed by atoms with Crippen LogP contribution in [0.3, 0.4) is 0 Å². The average Bonchev–Trinajstić information content (AvgIpc) is 2.35. The van der Waals surface area contributed by atoms with Crippen molar-refractivity contribution >= 4 is 44.2 Å². The molecule has 2 rings (SSSR count). The molecule has 0 saturated carbocycles. The van der Waals surface area contributed by atoms with Gasteiger partial charge < -0.3 is 5.32 Å². The third kappa shape index (κ3) is 3.56. The van der Waals surface area contributed by atoms with E-state index in [1.54, 1.807) is 18.2 Å². The molecule has 98 valence electrons. The number of rotatable bonds is 2. The summed E-state index contributed by atoms with van der Waals surface area (Å²) in [6, 6.07) is 5.29. The highest BCUT2D eigenvalue weighted by Crippen LogP contribution is 2.21. The number of halogens is 2. The quantitative estimate of drug-likeness (QED) is 0.891. The van der Waals surface area contributed by atoms with Gasteiger partial charge in [0.2, 0.25) is 0 Å². The molecule has 0 radical (unpaired) electrons. The molecule has 1 heterocycles. The number of nitrogens with one attached hydrogen (secondary N) is 1. The molecule has 1 aliphatic rings. The van der Waals surface area contributed by atoms with Gasteiger partial charge in [-0.3, -0.25) is 9.00 Å². The molecule has 1 aliphatic heterocycles. The van der Waals surface area contributed by atoms with Crippen molar-refractivity contribution in [2.45, 2.75) is 18.9 Å². The average molecular weight is 351 g/mol. The second kappa shape index (κ2) is 6.17. The highest BCUT2D eigenvalue weighted by Gasteiger charge is 2.21. The van der Waals surface area contributed by atoms with Gasteiger partial charge in [0, 0.05) is 32.8 Å². The standard InChI is InChI=1S/C12H13BrClNO2S/c13-8-1-2-11(14)10(7-8)12(16)15-9-3-5-18(17)6-4-9/h1-2,7,9H,3-6H2,(H,15,16). The van der Waals surface area contributed by atoms with Crippen molar-refractivity contribution in [3.8, 4) is 0 Å². The summed E-state index contributed by atoms with van der Waals surface area (Å²) in [7, 11) is -0.713. The van der Waals surface area contributed by atoms with Gasteiger partial charge in [0.25, 0.3) is 5.91 Å². The van der Waals surface area contributed by atoms with Crippen molar-refractivity contribution in [1.82, 2.24) is 5.32 Å². The van der Waals surface area contributed by atoms with Crippen LogP contribution in [0.1, 0.15) is 23.2 Å². The molecule has 1 fully saturated rings. The predicted molar refractivity (Wildman–Crippen MR) is 77.5 cm³/mol. The number of carbonyl (C=O) groups excluding carboxylic acids is 1. The van der Waals surface area contributed by atoms with Gasteiger partial charge in [0.1, 0.15) is 0 Å². The summed E-state index contributed by atoms with van der Waals surface area (Å²) >= 11 is 9.32. The number of amides is 1. The van der Waals surface area contributed by atoms with Gasteiger partial charge in [-0.15, -0.1) is 0 Å². The van der Waals surface area contributed by atoms with E-state index in [-0.39, 0.29) is 11.9 Å². The summed E-state index contributed by atoms with van der Waals surface area (Å²) in [4.78, 5) is 12.1. The zero-order chi connectivity index (χ0) is 13.1. The summed E-state index contributed by atoms with van der Waals surface area (Å²) in [5, 5.41) is 3.38. The lowest BCUT2D eigenvalue weighted by Gasteiger charge is -2.22. The maximum absolute atomic E-state index is 12.1. The first-order valence-electron chi connectivity index (χ1n) is 5.67. The Balaban J connectivity index is 2.03. The van der Waals surface area contributed by atoms with Crippen LogP contribution in [0, 0.1) is 0 Å². The molecule has 0 aliphatic carbocycles. The first-order valence-corrected chi connectivity index (χ1v) is 8.33. The maximum atomic E-state index is 12.1. The topological polar surface area (TPSA) is 46.2 Å². The number of hydrogen-bond acceptors (Lipinski definition) is 2. The molecule has 1 amide bonds. The summed E-state index contributed by atoms with van der Waals surface area (Å²) in [5.41, 5.74) is 0.470. The molecule has 1 aromatic carbocycles. The van der Waals surface area contributed by atoms with Crippen molar-refractivity contribution in [3.05, 3.63) is 33.3 Å². The van der Waals surface area contributed by atoms with Crippen LogP contribution >= 0.6 is 27.5 Å². The molecular formula is C12H13BrClNO2S. The van der Waals surface area contributed by atoms with Gasteiger partial charge in [-0.1, -0.05) is 27.5 Å². The van der Waals surface area contributed by atoms with Crippen molar-refractivity contribution in [2.24, 2.45) is 0 Å². The Kier molecular flexibility index (Phi) is 4.81. The van der Waals surface area contributed by atoms with E-state index in [1.165, 1.54) is 0 Å². The second-order valence-corrected chi connectivity index (χ2v) is 7.24. The number of hydrogen-bond donors (Lipinski definition) is 1. The summed E-state index contributed by atoms with van der Waals surface area (Å²) in [5.74, 6) is 1.16. The van der Waals surface area contributed by atoms with Gasteiger partial charge >= 0.3 is 0 Å². The molecule has 1 saturated heterocycles. The lowest BCUT2D eigenvalue weighted by molar-refractivity contribution is 0.0934. The van der Waals surface area contributed by atoms with E-state index >= 15 is 0 Å².